The molecule has 0 unspecified atom stereocenters. The van der Waals surface area contributed by atoms with E-state index in [9.17, 15) is 0 Å². The van der Waals surface area contributed by atoms with Gasteiger partial charge < -0.3 is 8.98 Å². The fourth-order valence-corrected chi connectivity index (χ4v) is 8.28. The molecule has 51 heavy (non-hydrogen) atoms. The van der Waals surface area contributed by atoms with Crippen molar-refractivity contribution in [3.05, 3.63) is 120 Å². The molecular formula is C45H43N5O. The van der Waals surface area contributed by atoms with Gasteiger partial charge in [0.2, 0.25) is 5.71 Å². The normalized spacial score (nSPS) is 14.1. The van der Waals surface area contributed by atoms with Crippen LogP contribution in [0, 0.1) is 12.8 Å². The lowest BCUT2D eigenvalue weighted by Crippen LogP contribution is -2.16. The fraction of sp³-hybridized carbons (Fsp3) is 0.289. The van der Waals surface area contributed by atoms with Crippen molar-refractivity contribution in [3.8, 4) is 22.5 Å². The van der Waals surface area contributed by atoms with Crippen LogP contribution in [-0.4, -0.2) is 24.5 Å². The van der Waals surface area contributed by atoms with E-state index in [1.807, 2.05) is 19.3 Å². The quantitative estimate of drug-likeness (QED) is 0.169. The van der Waals surface area contributed by atoms with E-state index in [4.69, 9.17) is 24.4 Å². The van der Waals surface area contributed by atoms with Crippen molar-refractivity contribution < 1.29 is 4.42 Å². The van der Waals surface area contributed by atoms with Gasteiger partial charge in [-0.3, -0.25) is 9.97 Å². The molecule has 1 saturated carbocycles. The highest BCUT2D eigenvalue weighted by Gasteiger charge is 2.24. The molecule has 254 valence electrons. The van der Waals surface area contributed by atoms with Crippen LogP contribution in [0.3, 0.4) is 0 Å². The van der Waals surface area contributed by atoms with Gasteiger partial charge in [0.1, 0.15) is 5.82 Å². The van der Waals surface area contributed by atoms with E-state index < -0.39 is 0 Å². The summed E-state index contributed by atoms with van der Waals surface area (Å²) in [5.41, 5.74) is 12.6. The van der Waals surface area contributed by atoms with Gasteiger partial charge in [0.05, 0.1) is 22.1 Å². The van der Waals surface area contributed by atoms with Crippen LogP contribution < -0.4 is 0 Å². The summed E-state index contributed by atoms with van der Waals surface area (Å²) in [6, 6.07) is 30.4. The molecule has 9 rings (SSSR count). The van der Waals surface area contributed by atoms with Crippen molar-refractivity contribution in [1.82, 2.24) is 24.5 Å². The van der Waals surface area contributed by atoms with Gasteiger partial charge in [0.25, 0.3) is 0 Å². The minimum atomic E-state index is -0.0263. The average Bonchev–Trinajstić information content (AvgIpc) is 3.88. The molecule has 0 radical (unpaired) electrons. The van der Waals surface area contributed by atoms with Crippen LogP contribution in [0.15, 0.2) is 102 Å². The standard InChI is InChI=1S/C45H43N5O/c1-28-14-18-35-39(47-28)20-21-40-41(35)50(23-22-31-15-16-32(25-38(31)45(2,3)4)30-12-6-5-7-13-30)43(49-40)37-27-46-26-36-34-19-17-33(24-29-10-8-9-11-29)48-44(34)51-42(36)37/h5-7,12-21,25-27,29H,8-11,22-24H2,1-4H3. The predicted octanol–water partition coefficient (Wildman–Crippen LogP) is 11.2. The SMILES string of the molecule is Cc1ccc2c(ccc3nc(-c4cncc5c4oc4nc(CC6CCCC6)ccc45)n(CCc4ccc(-c5ccccc5)cc4C(C)(C)C)c32)n1. The van der Waals surface area contributed by atoms with E-state index >= 15 is 0 Å². The highest BCUT2D eigenvalue weighted by molar-refractivity contribution is 6.09. The number of benzene rings is 3. The van der Waals surface area contributed by atoms with E-state index in [1.165, 1.54) is 47.9 Å². The van der Waals surface area contributed by atoms with Crippen LogP contribution in [0.25, 0.3) is 66.5 Å². The molecule has 0 aliphatic heterocycles. The summed E-state index contributed by atoms with van der Waals surface area (Å²) in [6.45, 7) is 9.69. The Bertz CT molecular complexity index is 2570. The summed E-state index contributed by atoms with van der Waals surface area (Å²) in [5, 5.41) is 3.06. The number of pyridine rings is 3. The van der Waals surface area contributed by atoms with Gasteiger partial charge in [-0.1, -0.05) is 95.0 Å². The van der Waals surface area contributed by atoms with Crippen LogP contribution in [0.5, 0.6) is 0 Å². The summed E-state index contributed by atoms with van der Waals surface area (Å²) in [5.74, 6) is 1.57. The van der Waals surface area contributed by atoms with Crippen molar-refractivity contribution in [2.75, 3.05) is 0 Å². The lowest BCUT2D eigenvalue weighted by atomic mass is 9.81. The Hall–Kier alpha value is -5.36. The number of hydrogen-bond acceptors (Lipinski definition) is 5. The topological polar surface area (TPSA) is 69.6 Å². The zero-order valence-electron chi connectivity index (χ0n) is 29.9. The molecule has 1 aliphatic rings. The Morgan fingerprint density at radius 1 is 0.765 bits per heavy atom. The van der Waals surface area contributed by atoms with Crippen LogP contribution >= 0.6 is 0 Å². The average molecular weight is 670 g/mol. The molecule has 1 aliphatic carbocycles. The number of aryl methyl sites for hydroxylation is 3. The second kappa shape index (κ2) is 12.4. The highest BCUT2D eigenvalue weighted by atomic mass is 16.3. The van der Waals surface area contributed by atoms with E-state index in [2.05, 4.69) is 110 Å². The lowest BCUT2D eigenvalue weighted by Gasteiger charge is -2.24. The van der Waals surface area contributed by atoms with E-state index in [0.29, 0.717) is 5.71 Å². The lowest BCUT2D eigenvalue weighted by molar-refractivity contribution is 0.537. The molecule has 5 heterocycles. The van der Waals surface area contributed by atoms with Crippen molar-refractivity contribution >= 4 is 44.0 Å². The first-order valence-corrected chi connectivity index (χ1v) is 18.4. The third-order valence-corrected chi connectivity index (χ3v) is 10.9. The first-order valence-electron chi connectivity index (χ1n) is 18.4. The molecular weight excluding hydrogens is 627 g/mol. The van der Waals surface area contributed by atoms with E-state index in [-0.39, 0.29) is 5.41 Å². The largest absolute Gasteiger partial charge is 0.437 e. The number of fused-ring (bicyclic) bond motifs is 6. The predicted molar refractivity (Wildman–Crippen MR) is 208 cm³/mol. The molecule has 3 aromatic carbocycles. The third-order valence-electron chi connectivity index (χ3n) is 10.9. The zero-order chi connectivity index (χ0) is 34.7. The van der Waals surface area contributed by atoms with Crippen LogP contribution in [0.4, 0.5) is 0 Å². The minimum absolute atomic E-state index is 0.0263. The molecule has 6 heteroatoms. The maximum Gasteiger partial charge on any atom is 0.227 e. The number of imidazole rings is 1. The summed E-state index contributed by atoms with van der Waals surface area (Å²) in [7, 11) is 0. The van der Waals surface area contributed by atoms with Crippen LogP contribution in [0.2, 0.25) is 0 Å². The monoisotopic (exact) mass is 669 g/mol. The van der Waals surface area contributed by atoms with Gasteiger partial charge in [-0.15, -0.1) is 0 Å². The molecule has 0 N–H and O–H groups in total. The van der Waals surface area contributed by atoms with Gasteiger partial charge in [0, 0.05) is 46.5 Å². The summed E-state index contributed by atoms with van der Waals surface area (Å²) in [6.07, 6.45) is 10.9. The second-order valence-electron chi connectivity index (χ2n) is 15.5. The van der Waals surface area contributed by atoms with Gasteiger partial charge >= 0.3 is 0 Å². The number of aromatic nitrogens is 5. The Morgan fingerprint density at radius 2 is 1.57 bits per heavy atom. The first-order chi connectivity index (χ1) is 24.8. The van der Waals surface area contributed by atoms with Gasteiger partial charge in [-0.25, -0.2) is 9.97 Å². The molecule has 6 nitrogen and oxygen atoms in total. The van der Waals surface area contributed by atoms with E-state index in [1.54, 1.807) is 0 Å². The number of rotatable bonds is 7. The van der Waals surface area contributed by atoms with Crippen molar-refractivity contribution in [2.24, 2.45) is 5.92 Å². The van der Waals surface area contributed by atoms with Gasteiger partial charge in [-0.05, 0) is 89.8 Å². The Labute approximate surface area is 298 Å². The number of nitrogens with zero attached hydrogens (tertiary/aromatic N) is 5. The van der Waals surface area contributed by atoms with Crippen molar-refractivity contribution in [3.63, 3.8) is 0 Å². The van der Waals surface area contributed by atoms with Crippen molar-refractivity contribution in [2.45, 2.75) is 78.2 Å². The number of hydrogen-bond donors (Lipinski definition) is 0. The summed E-state index contributed by atoms with van der Waals surface area (Å²) < 4.78 is 9.03. The van der Waals surface area contributed by atoms with Gasteiger partial charge in [-0.2, -0.15) is 0 Å². The molecule has 8 aromatic rings. The molecule has 0 amide bonds. The smallest absolute Gasteiger partial charge is 0.227 e. The van der Waals surface area contributed by atoms with E-state index in [0.717, 1.165) is 86.4 Å². The molecule has 0 bridgehead atoms. The first kappa shape index (κ1) is 31.6. The molecule has 0 saturated heterocycles. The van der Waals surface area contributed by atoms with Crippen molar-refractivity contribution in [1.29, 1.82) is 0 Å². The maximum atomic E-state index is 6.66. The molecule has 1 fully saturated rings. The van der Waals surface area contributed by atoms with Crippen LogP contribution in [0.1, 0.15) is 69.0 Å². The molecule has 0 atom stereocenters. The Kier molecular flexibility index (Phi) is 7.72. The highest BCUT2D eigenvalue weighted by Crippen LogP contribution is 2.38. The molecule has 0 spiro atoms. The zero-order valence-corrected chi connectivity index (χ0v) is 29.9. The van der Waals surface area contributed by atoms with Gasteiger partial charge in [0.15, 0.2) is 5.58 Å². The fourth-order valence-electron chi connectivity index (χ4n) is 8.28. The third kappa shape index (κ3) is 5.77. The maximum absolute atomic E-state index is 6.66. The number of furan rings is 1. The Balaban J connectivity index is 1.18. The minimum Gasteiger partial charge on any atom is -0.437 e. The summed E-state index contributed by atoms with van der Waals surface area (Å²) in [4.78, 5) is 20.0. The van der Waals surface area contributed by atoms with Crippen LogP contribution in [-0.2, 0) is 24.8 Å². The molecule has 5 aromatic heterocycles. The Morgan fingerprint density at radius 3 is 2.39 bits per heavy atom. The second-order valence-corrected chi connectivity index (χ2v) is 15.5. The summed E-state index contributed by atoms with van der Waals surface area (Å²) >= 11 is 0.